The standard InChI is InChI=1S/C30H46O4/c1-25(2)12-14-30(24(33)34)15-13-29(7)23(18(30)17-25)19(31)16-21-27(5)10-9-22(32)26(3,4)20(27)8-11-28(21,29)6/h16,18,20,22-23,32H,8-15,17H2,1-7H3,(H,33,34)/t18-,20-,22-,23+,27-,28+,29+,30-/m0/s1. The third kappa shape index (κ3) is 2.81. The van der Waals surface area contributed by atoms with Gasteiger partial charge in [-0.25, -0.2) is 0 Å². The molecule has 34 heavy (non-hydrogen) atoms. The molecule has 0 saturated heterocycles. The quantitative estimate of drug-likeness (QED) is 0.464. The van der Waals surface area contributed by atoms with Gasteiger partial charge in [0.05, 0.1) is 11.5 Å². The van der Waals surface area contributed by atoms with E-state index in [4.69, 9.17) is 0 Å². The number of hydrogen-bond acceptors (Lipinski definition) is 3. The first-order valence-corrected chi connectivity index (χ1v) is 13.7. The number of carboxylic acids is 1. The zero-order chi connectivity index (χ0) is 25.1. The first-order chi connectivity index (χ1) is 15.6. The van der Waals surface area contributed by atoms with Gasteiger partial charge in [0.15, 0.2) is 5.78 Å². The Morgan fingerprint density at radius 1 is 0.912 bits per heavy atom. The summed E-state index contributed by atoms with van der Waals surface area (Å²) in [5.74, 6) is -0.445. The molecule has 4 saturated carbocycles. The van der Waals surface area contributed by atoms with Gasteiger partial charge in [0.1, 0.15) is 0 Å². The fourth-order valence-electron chi connectivity index (χ4n) is 10.4. The third-order valence-electron chi connectivity index (χ3n) is 12.8. The van der Waals surface area contributed by atoms with Crippen LogP contribution in [0.3, 0.4) is 0 Å². The van der Waals surface area contributed by atoms with E-state index in [0.29, 0.717) is 18.8 Å². The minimum atomic E-state index is -0.755. The lowest BCUT2D eigenvalue weighted by Crippen LogP contribution is -2.66. The smallest absolute Gasteiger partial charge is 0.309 e. The van der Waals surface area contributed by atoms with E-state index in [2.05, 4.69) is 48.5 Å². The van der Waals surface area contributed by atoms with Crippen LogP contribution in [-0.4, -0.2) is 28.1 Å². The van der Waals surface area contributed by atoms with Gasteiger partial charge in [-0.1, -0.05) is 54.0 Å². The van der Waals surface area contributed by atoms with Gasteiger partial charge in [-0.3, -0.25) is 9.59 Å². The highest BCUT2D eigenvalue weighted by Crippen LogP contribution is 2.75. The third-order valence-corrected chi connectivity index (χ3v) is 12.8. The van der Waals surface area contributed by atoms with Gasteiger partial charge in [0.2, 0.25) is 0 Å². The van der Waals surface area contributed by atoms with Crippen molar-refractivity contribution in [2.45, 2.75) is 112 Å². The number of carbonyl (C=O) groups excluding carboxylic acids is 1. The number of aliphatic hydroxyl groups is 1. The molecular weight excluding hydrogens is 424 g/mol. The molecule has 0 aromatic rings. The number of ketones is 1. The van der Waals surface area contributed by atoms with Gasteiger partial charge < -0.3 is 10.2 Å². The second kappa shape index (κ2) is 6.99. The van der Waals surface area contributed by atoms with E-state index in [-0.39, 0.29) is 50.8 Å². The monoisotopic (exact) mass is 470 g/mol. The Bertz CT molecular complexity index is 961. The van der Waals surface area contributed by atoms with E-state index < -0.39 is 11.4 Å². The SMILES string of the molecule is CC1(C)CC[C@]2(C(=O)O)CC[C@]3(C)[C@@H](C(=O)C=C4[C@@]5(C)CC[C@H](O)C(C)(C)[C@@H]5CC[C@]43C)[C@@H]2C1. The van der Waals surface area contributed by atoms with Crippen molar-refractivity contribution in [3.8, 4) is 0 Å². The first-order valence-electron chi connectivity index (χ1n) is 13.7. The van der Waals surface area contributed by atoms with Crippen molar-refractivity contribution < 1.29 is 19.8 Å². The Kier molecular flexibility index (Phi) is 5.04. The zero-order valence-electron chi connectivity index (χ0n) is 22.5. The van der Waals surface area contributed by atoms with Crippen LogP contribution in [-0.2, 0) is 9.59 Å². The lowest BCUT2D eigenvalue weighted by Gasteiger charge is -2.69. The van der Waals surface area contributed by atoms with Gasteiger partial charge in [-0.15, -0.1) is 0 Å². The maximum Gasteiger partial charge on any atom is 0.309 e. The predicted octanol–water partition coefficient (Wildman–Crippen LogP) is 6.41. The van der Waals surface area contributed by atoms with Crippen molar-refractivity contribution in [1.29, 1.82) is 0 Å². The van der Waals surface area contributed by atoms with Crippen LogP contribution in [0, 0.1) is 50.2 Å². The summed E-state index contributed by atoms with van der Waals surface area (Å²) in [6.45, 7) is 16.0. The zero-order valence-corrected chi connectivity index (χ0v) is 22.5. The lowest BCUT2D eigenvalue weighted by atomic mass is 9.34. The minimum Gasteiger partial charge on any atom is -0.481 e. The van der Waals surface area contributed by atoms with Crippen molar-refractivity contribution in [3.05, 3.63) is 11.6 Å². The molecule has 0 spiro atoms. The van der Waals surface area contributed by atoms with Crippen LogP contribution in [0.15, 0.2) is 11.6 Å². The lowest BCUT2D eigenvalue weighted by molar-refractivity contribution is -0.193. The number of aliphatic carboxylic acids is 1. The van der Waals surface area contributed by atoms with Crippen LogP contribution < -0.4 is 0 Å². The van der Waals surface area contributed by atoms with Gasteiger partial charge in [-0.2, -0.15) is 0 Å². The number of carbonyl (C=O) groups is 2. The highest BCUT2D eigenvalue weighted by Gasteiger charge is 2.70. The predicted molar refractivity (Wildman–Crippen MR) is 133 cm³/mol. The number of carboxylic acid groups (broad SMARTS) is 1. The summed E-state index contributed by atoms with van der Waals surface area (Å²) in [6, 6.07) is 0. The van der Waals surface area contributed by atoms with E-state index in [1.54, 1.807) is 0 Å². The Labute approximate surface area is 206 Å². The Hall–Kier alpha value is -1.16. The highest BCUT2D eigenvalue weighted by atomic mass is 16.4. The highest BCUT2D eigenvalue weighted by molar-refractivity contribution is 5.96. The summed E-state index contributed by atoms with van der Waals surface area (Å²) in [5.41, 5.74) is 0.0368. The number of hydrogen-bond donors (Lipinski definition) is 2. The molecule has 0 aromatic heterocycles. The fraction of sp³-hybridized carbons (Fsp3) is 0.867. The largest absolute Gasteiger partial charge is 0.481 e. The number of fused-ring (bicyclic) bond motifs is 7. The van der Waals surface area contributed by atoms with E-state index in [1.807, 2.05) is 6.08 Å². The van der Waals surface area contributed by atoms with Crippen LogP contribution >= 0.6 is 0 Å². The Balaban J connectivity index is 1.65. The summed E-state index contributed by atoms with van der Waals surface area (Å²) < 4.78 is 0. The maximum absolute atomic E-state index is 14.2. The van der Waals surface area contributed by atoms with E-state index in [0.717, 1.165) is 44.9 Å². The van der Waals surface area contributed by atoms with Crippen LogP contribution in [0.5, 0.6) is 0 Å². The molecule has 190 valence electrons. The second-order valence-electron chi connectivity index (χ2n) is 15.0. The molecule has 5 rings (SSSR count). The van der Waals surface area contributed by atoms with Gasteiger partial charge in [-0.05, 0) is 103 Å². The van der Waals surface area contributed by atoms with E-state index >= 15 is 0 Å². The summed E-state index contributed by atoms with van der Waals surface area (Å²) >= 11 is 0. The Morgan fingerprint density at radius 3 is 2.21 bits per heavy atom. The molecule has 0 amide bonds. The van der Waals surface area contributed by atoms with Crippen molar-refractivity contribution in [3.63, 3.8) is 0 Å². The minimum absolute atomic E-state index is 0.0697. The first kappa shape index (κ1) is 24.5. The second-order valence-corrected chi connectivity index (χ2v) is 15.0. The normalized spacial score (nSPS) is 51.3. The summed E-state index contributed by atoms with van der Waals surface area (Å²) in [6.07, 6.45) is 9.43. The molecule has 0 unspecified atom stereocenters. The summed E-state index contributed by atoms with van der Waals surface area (Å²) in [7, 11) is 0. The van der Waals surface area contributed by atoms with Crippen LogP contribution in [0.25, 0.3) is 0 Å². The Morgan fingerprint density at radius 2 is 1.56 bits per heavy atom. The number of aliphatic hydroxyl groups excluding tert-OH is 1. The molecule has 0 heterocycles. The molecule has 4 heteroatoms. The number of rotatable bonds is 1. The van der Waals surface area contributed by atoms with Crippen molar-refractivity contribution in [2.75, 3.05) is 0 Å². The molecule has 4 nitrogen and oxygen atoms in total. The van der Waals surface area contributed by atoms with Crippen LogP contribution in [0.4, 0.5) is 0 Å². The molecule has 0 aliphatic heterocycles. The molecule has 0 bridgehead atoms. The molecule has 5 aliphatic carbocycles. The van der Waals surface area contributed by atoms with Gasteiger partial charge >= 0.3 is 5.97 Å². The van der Waals surface area contributed by atoms with Crippen molar-refractivity contribution in [1.82, 2.24) is 0 Å². The molecule has 4 fully saturated rings. The number of allylic oxidation sites excluding steroid dienone is 2. The molecule has 0 aromatic carbocycles. The van der Waals surface area contributed by atoms with Gasteiger partial charge in [0, 0.05) is 5.92 Å². The maximum atomic E-state index is 14.2. The van der Waals surface area contributed by atoms with Crippen molar-refractivity contribution in [2.24, 2.45) is 50.2 Å². The molecular formula is C30H46O4. The average molecular weight is 471 g/mol. The average Bonchev–Trinajstić information content (AvgIpc) is 2.72. The molecule has 0 radical (unpaired) electrons. The fourth-order valence-corrected chi connectivity index (χ4v) is 10.4. The van der Waals surface area contributed by atoms with Crippen molar-refractivity contribution >= 4 is 11.8 Å². The van der Waals surface area contributed by atoms with E-state index in [9.17, 15) is 19.8 Å². The topological polar surface area (TPSA) is 74.6 Å². The van der Waals surface area contributed by atoms with Crippen LogP contribution in [0.1, 0.15) is 106 Å². The van der Waals surface area contributed by atoms with Crippen LogP contribution in [0.2, 0.25) is 0 Å². The molecule has 8 atom stereocenters. The summed E-state index contributed by atoms with van der Waals surface area (Å²) in [4.78, 5) is 26.9. The summed E-state index contributed by atoms with van der Waals surface area (Å²) in [5, 5.41) is 21.3. The van der Waals surface area contributed by atoms with E-state index in [1.165, 1.54) is 5.57 Å². The molecule has 2 N–H and O–H groups in total. The van der Waals surface area contributed by atoms with Gasteiger partial charge in [0.25, 0.3) is 0 Å². The molecule has 5 aliphatic rings.